The van der Waals surface area contributed by atoms with Crippen LogP contribution in [0.4, 0.5) is 0 Å². The summed E-state index contributed by atoms with van der Waals surface area (Å²) < 4.78 is 0. The zero-order valence-electron chi connectivity index (χ0n) is 24.2. The van der Waals surface area contributed by atoms with Crippen LogP contribution >= 0.6 is 0 Å². The lowest BCUT2D eigenvalue weighted by Gasteiger charge is -2.58. The number of rotatable bonds is 0. The molecular formula is C33H58. The molecule has 0 heteroatoms. The first-order chi connectivity index (χ1) is 15.9. The van der Waals surface area contributed by atoms with E-state index in [1.54, 1.807) is 5.57 Å². The van der Waals surface area contributed by atoms with Gasteiger partial charge in [0.25, 0.3) is 0 Å². The van der Waals surface area contributed by atoms with Crippen LogP contribution in [-0.4, -0.2) is 0 Å². The summed E-state index contributed by atoms with van der Waals surface area (Å²) in [6, 6.07) is 0. The van der Waals surface area contributed by atoms with Gasteiger partial charge in [0, 0.05) is 0 Å². The molecule has 5 aliphatic rings. The first-order valence-corrected chi connectivity index (χ1v) is 14.6. The van der Waals surface area contributed by atoms with E-state index in [2.05, 4.69) is 45.2 Å². The number of hydrogen-bond acceptors (Lipinski definition) is 0. The summed E-state index contributed by atoms with van der Waals surface area (Å²) >= 11 is 0. The average molecular weight is 455 g/mol. The van der Waals surface area contributed by atoms with E-state index < -0.39 is 0 Å². The van der Waals surface area contributed by atoms with Crippen molar-refractivity contribution in [1.82, 2.24) is 0 Å². The van der Waals surface area contributed by atoms with E-state index >= 15 is 0 Å². The fraction of sp³-hybridized carbons (Fsp3) is 0.758. The summed E-state index contributed by atoms with van der Waals surface area (Å²) in [7, 11) is 0. The van der Waals surface area contributed by atoms with Crippen molar-refractivity contribution >= 4 is 0 Å². The molecule has 1 spiro atoms. The second-order valence-corrected chi connectivity index (χ2v) is 10.5. The van der Waals surface area contributed by atoms with Gasteiger partial charge < -0.3 is 0 Å². The molecule has 0 nitrogen and oxygen atoms in total. The quantitative estimate of drug-likeness (QED) is 0.319. The van der Waals surface area contributed by atoms with E-state index in [0.717, 1.165) is 17.8 Å². The largest absolute Gasteiger partial charge is 0.0998 e. The molecule has 0 saturated heterocycles. The molecule has 5 rings (SSSR count). The van der Waals surface area contributed by atoms with E-state index in [1.165, 1.54) is 68.9 Å². The fourth-order valence-electron chi connectivity index (χ4n) is 8.08. The number of allylic oxidation sites excluding steroid dienone is 6. The van der Waals surface area contributed by atoms with Crippen LogP contribution in [0.5, 0.6) is 0 Å². The normalized spacial score (nSPS) is 39.6. The molecule has 5 aliphatic carbocycles. The van der Waals surface area contributed by atoms with Crippen molar-refractivity contribution in [1.29, 1.82) is 0 Å². The monoisotopic (exact) mass is 454 g/mol. The number of fused-ring (bicyclic) bond motifs is 6. The van der Waals surface area contributed by atoms with E-state index in [0.29, 0.717) is 16.2 Å². The van der Waals surface area contributed by atoms with Crippen LogP contribution in [0.15, 0.2) is 48.1 Å². The van der Waals surface area contributed by atoms with Crippen molar-refractivity contribution in [2.45, 2.75) is 127 Å². The van der Waals surface area contributed by atoms with Gasteiger partial charge in [0.1, 0.15) is 0 Å². The summed E-state index contributed by atoms with van der Waals surface area (Å²) in [6.07, 6.45) is 19.9. The smallest absolute Gasteiger partial charge is 0.00382 e. The summed E-state index contributed by atoms with van der Waals surface area (Å²) in [4.78, 5) is 0. The van der Waals surface area contributed by atoms with Crippen molar-refractivity contribution in [2.24, 2.45) is 34.0 Å². The third kappa shape index (κ3) is 5.01. The Labute approximate surface area is 209 Å². The first-order valence-electron chi connectivity index (χ1n) is 14.6. The van der Waals surface area contributed by atoms with Gasteiger partial charge in [0.05, 0.1) is 0 Å². The third-order valence-corrected chi connectivity index (χ3v) is 9.71. The van der Waals surface area contributed by atoms with Crippen molar-refractivity contribution in [3.8, 4) is 0 Å². The van der Waals surface area contributed by atoms with Gasteiger partial charge >= 0.3 is 0 Å². The van der Waals surface area contributed by atoms with Gasteiger partial charge in [-0.25, -0.2) is 0 Å². The van der Waals surface area contributed by atoms with Gasteiger partial charge in [-0.3, -0.25) is 0 Å². The minimum atomic E-state index is 0.400. The van der Waals surface area contributed by atoms with Crippen LogP contribution < -0.4 is 0 Å². The predicted octanol–water partition coefficient (Wildman–Crippen LogP) is 11.1. The highest BCUT2D eigenvalue weighted by Gasteiger charge is 2.63. The van der Waals surface area contributed by atoms with Crippen LogP contribution in [0.3, 0.4) is 0 Å². The molecule has 0 heterocycles. The summed E-state index contributed by atoms with van der Waals surface area (Å²) in [6.45, 7) is 29.8. The first kappa shape index (κ1) is 30.0. The molecule has 3 fully saturated rings. The van der Waals surface area contributed by atoms with Crippen molar-refractivity contribution in [3.63, 3.8) is 0 Å². The van der Waals surface area contributed by atoms with E-state index in [9.17, 15) is 0 Å². The van der Waals surface area contributed by atoms with Gasteiger partial charge in [-0.2, -0.15) is 0 Å². The third-order valence-electron chi connectivity index (χ3n) is 9.71. The minimum Gasteiger partial charge on any atom is -0.0998 e. The average Bonchev–Trinajstić information content (AvgIpc) is 3.39. The molecule has 190 valence electrons. The zero-order chi connectivity index (χ0) is 25.4. The van der Waals surface area contributed by atoms with Gasteiger partial charge in [-0.15, -0.1) is 0 Å². The van der Waals surface area contributed by atoms with E-state index in [4.69, 9.17) is 0 Å². The van der Waals surface area contributed by atoms with Crippen LogP contribution in [0, 0.1) is 34.0 Å². The maximum Gasteiger partial charge on any atom is -0.00382 e. The van der Waals surface area contributed by atoms with Crippen molar-refractivity contribution < 1.29 is 0 Å². The Morgan fingerprint density at radius 2 is 1.36 bits per heavy atom. The Morgan fingerprint density at radius 3 is 1.94 bits per heavy atom. The zero-order valence-corrected chi connectivity index (χ0v) is 24.2. The summed E-state index contributed by atoms with van der Waals surface area (Å²) in [5.41, 5.74) is 5.98. The summed E-state index contributed by atoms with van der Waals surface area (Å²) in [5.74, 6) is 2.56. The molecule has 0 bridgehead atoms. The van der Waals surface area contributed by atoms with Crippen molar-refractivity contribution in [2.75, 3.05) is 0 Å². The molecule has 0 aliphatic heterocycles. The van der Waals surface area contributed by atoms with Crippen LogP contribution in [-0.2, 0) is 0 Å². The van der Waals surface area contributed by atoms with Crippen LogP contribution in [0.1, 0.15) is 127 Å². The Bertz CT molecular complexity index is 706. The molecule has 6 atom stereocenters. The molecule has 0 N–H and O–H groups in total. The van der Waals surface area contributed by atoms with Crippen LogP contribution in [0.2, 0.25) is 0 Å². The molecule has 5 unspecified atom stereocenters. The highest BCUT2D eigenvalue weighted by atomic mass is 14.7. The van der Waals surface area contributed by atoms with Gasteiger partial charge in [-0.1, -0.05) is 112 Å². The second kappa shape index (κ2) is 12.6. The SMILES string of the molecule is C=C1C=C2C=CC3C(CCC4(C)C3CC[C@@]43CCC(=C)C3)C2(C)CC1.CC.CC.CC.CC. The lowest BCUT2D eigenvalue weighted by atomic mass is 9.46. The van der Waals surface area contributed by atoms with Crippen LogP contribution in [0.25, 0.3) is 0 Å². The van der Waals surface area contributed by atoms with Gasteiger partial charge in [0.2, 0.25) is 0 Å². The minimum absolute atomic E-state index is 0.400. The van der Waals surface area contributed by atoms with Gasteiger partial charge in [-0.05, 0) is 97.4 Å². The lowest BCUT2D eigenvalue weighted by Crippen LogP contribution is -2.50. The summed E-state index contributed by atoms with van der Waals surface area (Å²) in [5, 5.41) is 0. The maximum absolute atomic E-state index is 4.37. The molecule has 0 amide bonds. The number of hydrogen-bond donors (Lipinski definition) is 0. The van der Waals surface area contributed by atoms with Gasteiger partial charge in [0.15, 0.2) is 0 Å². The fourth-order valence-corrected chi connectivity index (χ4v) is 8.08. The Balaban J connectivity index is 0.000000619. The Hall–Kier alpha value is -1.04. The highest BCUT2D eigenvalue weighted by Crippen LogP contribution is 2.72. The molecule has 0 aromatic heterocycles. The Kier molecular flexibility index (Phi) is 11.5. The van der Waals surface area contributed by atoms with E-state index in [-0.39, 0.29) is 0 Å². The molecule has 0 aromatic rings. The molecular weight excluding hydrogens is 396 g/mol. The second-order valence-electron chi connectivity index (χ2n) is 10.5. The molecule has 3 saturated carbocycles. The maximum atomic E-state index is 4.37. The lowest BCUT2D eigenvalue weighted by molar-refractivity contribution is -0.0493. The topological polar surface area (TPSA) is 0 Å². The molecule has 33 heavy (non-hydrogen) atoms. The standard InChI is InChI=1S/C25H34.4C2H6/c1-17-7-11-23(3)19(15-17)5-6-20-21(23)9-12-24(4)22(20)10-14-25(24)13-8-18(2)16-25;4*1-2/h5-6,15,20-22H,1-2,7-14,16H2,3-4H3;4*1-2H3/t20?,21?,22?,23?,24?,25-;;;;/m1..../s1. The Morgan fingerprint density at radius 1 is 0.758 bits per heavy atom. The van der Waals surface area contributed by atoms with E-state index in [1.807, 2.05) is 55.4 Å². The predicted molar refractivity (Wildman–Crippen MR) is 152 cm³/mol. The molecule has 0 aromatic carbocycles. The highest BCUT2D eigenvalue weighted by molar-refractivity contribution is 5.41. The van der Waals surface area contributed by atoms with Crippen molar-refractivity contribution in [3.05, 3.63) is 48.1 Å². The molecule has 0 radical (unpaired) electrons.